The van der Waals surface area contributed by atoms with E-state index in [9.17, 15) is 4.79 Å². The molecule has 1 aromatic carbocycles. The van der Waals surface area contributed by atoms with Gasteiger partial charge < -0.3 is 9.84 Å². The zero-order valence-electron chi connectivity index (χ0n) is 9.09. The van der Waals surface area contributed by atoms with E-state index in [2.05, 4.69) is 0 Å². The fourth-order valence-corrected chi connectivity index (χ4v) is 1.66. The molecule has 3 heteroatoms. The predicted molar refractivity (Wildman–Crippen MR) is 61.3 cm³/mol. The van der Waals surface area contributed by atoms with E-state index in [1.807, 2.05) is 36.4 Å². The molecule has 3 nitrogen and oxygen atoms in total. The maximum atomic E-state index is 10.6. The van der Waals surface area contributed by atoms with Crippen LogP contribution in [-0.2, 0) is 4.79 Å². The number of carboxylic acid groups (broad SMARTS) is 1. The van der Waals surface area contributed by atoms with Gasteiger partial charge >= 0.3 is 5.97 Å². The molecule has 1 aliphatic carbocycles. The number of ether oxygens (including phenoxy) is 1. The Morgan fingerprint density at radius 3 is 2.62 bits per heavy atom. The van der Waals surface area contributed by atoms with Crippen LogP contribution in [0.3, 0.4) is 0 Å². The standard InChI is InChI=1S/C13H14O3/c1-16-11-6-3-9(4-7-11)2-5-10-8-12(10)13(14)15/h2-7,10,12H,8H2,1H3,(H,14,15). The number of carbonyl (C=O) groups is 1. The maximum absolute atomic E-state index is 10.6. The minimum Gasteiger partial charge on any atom is -0.497 e. The molecule has 2 atom stereocenters. The number of carboxylic acids is 1. The maximum Gasteiger partial charge on any atom is 0.307 e. The Bertz CT molecular complexity index is 406. The summed E-state index contributed by atoms with van der Waals surface area (Å²) < 4.78 is 5.05. The predicted octanol–water partition coefficient (Wildman–Crippen LogP) is 2.43. The monoisotopic (exact) mass is 218 g/mol. The number of rotatable bonds is 4. The van der Waals surface area contributed by atoms with Crippen LogP contribution >= 0.6 is 0 Å². The number of aliphatic carboxylic acids is 1. The van der Waals surface area contributed by atoms with Gasteiger partial charge in [-0.05, 0) is 30.0 Å². The Balaban J connectivity index is 1.94. The number of hydrogen-bond acceptors (Lipinski definition) is 2. The largest absolute Gasteiger partial charge is 0.497 e. The van der Waals surface area contributed by atoms with Crippen LogP contribution in [-0.4, -0.2) is 18.2 Å². The summed E-state index contributed by atoms with van der Waals surface area (Å²) in [6.45, 7) is 0. The Morgan fingerprint density at radius 2 is 2.12 bits per heavy atom. The van der Waals surface area contributed by atoms with Crippen LogP contribution in [0.1, 0.15) is 12.0 Å². The fraction of sp³-hybridized carbons (Fsp3) is 0.308. The Labute approximate surface area is 94.4 Å². The van der Waals surface area contributed by atoms with Crippen LogP contribution in [0, 0.1) is 11.8 Å². The van der Waals surface area contributed by atoms with Crippen molar-refractivity contribution in [2.24, 2.45) is 11.8 Å². The van der Waals surface area contributed by atoms with Crippen molar-refractivity contribution in [2.45, 2.75) is 6.42 Å². The van der Waals surface area contributed by atoms with E-state index >= 15 is 0 Å². The van der Waals surface area contributed by atoms with E-state index in [0.29, 0.717) is 0 Å². The van der Waals surface area contributed by atoms with Crippen LogP contribution in [0.15, 0.2) is 30.3 Å². The van der Waals surface area contributed by atoms with Gasteiger partial charge in [-0.3, -0.25) is 4.79 Å². The summed E-state index contributed by atoms with van der Waals surface area (Å²) >= 11 is 0. The molecule has 1 saturated carbocycles. The minimum atomic E-state index is -0.690. The molecular weight excluding hydrogens is 204 g/mol. The second-order valence-electron chi connectivity index (χ2n) is 3.98. The summed E-state index contributed by atoms with van der Waals surface area (Å²) in [5, 5.41) is 8.74. The highest BCUT2D eigenvalue weighted by molar-refractivity contribution is 5.74. The molecule has 0 aliphatic heterocycles. The average Bonchev–Trinajstić information content (AvgIpc) is 3.06. The van der Waals surface area contributed by atoms with E-state index in [1.54, 1.807) is 7.11 Å². The SMILES string of the molecule is COc1ccc(C=CC2CC2C(=O)O)cc1. The molecule has 1 aromatic rings. The number of methoxy groups -OCH3 is 1. The van der Waals surface area contributed by atoms with Crippen LogP contribution in [0.2, 0.25) is 0 Å². The van der Waals surface area contributed by atoms with Crippen LogP contribution in [0.4, 0.5) is 0 Å². The Kier molecular flexibility index (Phi) is 2.95. The first-order valence-corrected chi connectivity index (χ1v) is 5.26. The van der Waals surface area contributed by atoms with Crippen molar-refractivity contribution in [3.8, 4) is 5.75 Å². The first kappa shape index (κ1) is 10.7. The molecule has 2 rings (SSSR count). The number of benzene rings is 1. The molecule has 0 saturated heterocycles. The van der Waals surface area contributed by atoms with Gasteiger partial charge in [0.05, 0.1) is 13.0 Å². The van der Waals surface area contributed by atoms with Gasteiger partial charge in [-0.25, -0.2) is 0 Å². The molecule has 1 fully saturated rings. The first-order valence-electron chi connectivity index (χ1n) is 5.26. The molecule has 0 amide bonds. The van der Waals surface area contributed by atoms with Gasteiger partial charge in [0.15, 0.2) is 0 Å². The third kappa shape index (κ3) is 2.42. The normalized spacial score (nSPS) is 23.3. The van der Waals surface area contributed by atoms with E-state index in [0.717, 1.165) is 17.7 Å². The van der Waals surface area contributed by atoms with Crippen LogP contribution < -0.4 is 4.74 Å². The minimum absolute atomic E-state index is 0.172. The Morgan fingerprint density at radius 1 is 1.44 bits per heavy atom. The zero-order chi connectivity index (χ0) is 11.5. The lowest BCUT2D eigenvalue weighted by Crippen LogP contribution is -1.97. The second kappa shape index (κ2) is 4.39. The number of hydrogen-bond donors (Lipinski definition) is 1. The molecule has 1 aliphatic rings. The summed E-state index contributed by atoms with van der Waals surface area (Å²) in [7, 11) is 1.63. The molecule has 2 unspecified atom stereocenters. The quantitative estimate of drug-likeness (QED) is 0.844. The molecule has 0 radical (unpaired) electrons. The van der Waals surface area contributed by atoms with Gasteiger partial charge in [-0.1, -0.05) is 24.3 Å². The lowest BCUT2D eigenvalue weighted by atomic mass is 10.2. The van der Waals surface area contributed by atoms with Crippen molar-refractivity contribution < 1.29 is 14.6 Å². The fourth-order valence-electron chi connectivity index (χ4n) is 1.66. The summed E-state index contributed by atoms with van der Waals surface area (Å²) in [5.74, 6) is 0.172. The molecule has 16 heavy (non-hydrogen) atoms. The highest BCUT2D eigenvalue weighted by atomic mass is 16.5. The summed E-state index contributed by atoms with van der Waals surface area (Å²) in [6, 6.07) is 7.68. The van der Waals surface area contributed by atoms with E-state index < -0.39 is 5.97 Å². The second-order valence-corrected chi connectivity index (χ2v) is 3.98. The zero-order valence-corrected chi connectivity index (χ0v) is 9.09. The molecule has 0 heterocycles. The third-order valence-corrected chi connectivity index (χ3v) is 2.81. The van der Waals surface area contributed by atoms with Crippen molar-refractivity contribution in [1.82, 2.24) is 0 Å². The van der Waals surface area contributed by atoms with Gasteiger partial charge in [0.2, 0.25) is 0 Å². The highest BCUT2D eigenvalue weighted by Crippen LogP contribution is 2.40. The lowest BCUT2D eigenvalue weighted by molar-refractivity contribution is -0.138. The Hall–Kier alpha value is -1.77. The summed E-state index contributed by atoms with van der Waals surface area (Å²) in [5.41, 5.74) is 1.07. The smallest absolute Gasteiger partial charge is 0.307 e. The molecular formula is C13H14O3. The molecule has 0 aromatic heterocycles. The van der Waals surface area contributed by atoms with E-state index in [4.69, 9.17) is 9.84 Å². The van der Waals surface area contributed by atoms with Gasteiger partial charge in [0.1, 0.15) is 5.75 Å². The van der Waals surface area contributed by atoms with E-state index in [1.165, 1.54) is 0 Å². The molecule has 1 N–H and O–H groups in total. The van der Waals surface area contributed by atoms with Crippen molar-refractivity contribution >= 4 is 12.0 Å². The topological polar surface area (TPSA) is 46.5 Å². The molecule has 84 valence electrons. The van der Waals surface area contributed by atoms with Crippen LogP contribution in [0.25, 0.3) is 6.08 Å². The van der Waals surface area contributed by atoms with Gasteiger partial charge in [-0.15, -0.1) is 0 Å². The van der Waals surface area contributed by atoms with Gasteiger partial charge in [-0.2, -0.15) is 0 Å². The molecule has 0 bridgehead atoms. The van der Waals surface area contributed by atoms with Gasteiger partial charge in [0, 0.05) is 0 Å². The van der Waals surface area contributed by atoms with Crippen molar-refractivity contribution in [3.05, 3.63) is 35.9 Å². The number of allylic oxidation sites excluding steroid dienone is 1. The molecule has 0 spiro atoms. The van der Waals surface area contributed by atoms with Crippen molar-refractivity contribution in [2.75, 3.05) is 7.11 Å². The third-order valence-electron chi connectivity index (χ3n) is 2.81. The van der Waals surface area contributed by atoms with Crippen molar-refractivity contribution in [3.63, 3.8) is 0 Å². The highest BCUT2D eigenvalue weighted by Gasteiger charge is 2.40. The summed E-state index contributed by atoms with van der Waals surface area (Å²) in [4.78, 5) is 10.6. The van der Waals surface area contributed by atoms with Crippen molar-refractivity contribution in [1.29, 1.82) is 0 Å². The first-order chi connectivity index (χ1) is 7.70. The van der Waals surface area contributed by atoms with Crippen LogP contribution in [0.5, 0.6) is 5.75 Å². The summed E-state index contributed by atoms with van der Waals surface area (Å²) in [6.07, 6.45) is 4.70. The average molecular weight is 218 g/mol. The lowest BCUT2D eigenvalue weighted by Gasteiger charge is -1.98. The van der Waals surface area contributed by atoms with Gasteiger partial charge in [0.25, 0.3) is 0 Å². The van der Waals surface area contributed by atoms with E-state index in [-0.39, 0.29) is 11.8 Å².